The number of carbonyl (C=O) groups is 1. The Balaban J connectivity index is 1.86. The molecule has 110 valence electrons. The van der Waals surface area contributed by atoms with E-state index in [1.165, 1.54) is 11.8 Å². The van der Waals surface area contributed by atoms with E-state index in [1.807, 2.05) is 13.0 Å². The van der Waals surface area contributed by atoms with Crippen molar-refractivity contribution in [3.05, 3.63) is 35.9 Å². The summed E-state index contributed by atoms with van der Waals surface area (Å²) in [6.45, 7) is 2.75. The fourth-order valence-electron chi connectivity index (χ4n) is 1.76. The van der Waals surface area contributed by atoms with Crippen molar-refractivity contribution in [1.29, 1.82) is 0 Å². The molecule has 1 atom stereocenters. The zero-order valence-corrected chi connectivity index (χ0v) is 12.8. The Labute approximate surface area is 127 Å². The molecule has 1 amide bonds. The van der Waals surface area contributed by atoms with Crippen LogP contribution in [0, 0.1) is 0 Å². The normalized spacial score (nSPS) is 18.9. The van der Waals surface area contributed by atoms with Crippen molar-refractivity contribution in [2.45, 2.75) is 18.7 Å². The molecule has 0 fully saturated rings. The SMILES string of the molecule is CC=C(C=NC)C1=NCC(C(=O)NCc2ncccn2)S1. The van der Waals surface area contributed by atoms with Crippen LogP contribution in [0.4, 0.5) is 0 Å². The number of allylic oxidation sites excluding steroid dienone is 1. The molecule has 6 nitrogen and oxygen atoms in total. The van der Waals surface area contributed by atoms with Gasteiger partial charge in [0.25, 0.3) is 0 Å². The molecular formula is C14H17N5OS. The zero-order valence-electron chi connectivity index (χ0n) is 12.0. The first-order valence-corrected chi connectivity index (χ1v) is 7.46. The topological polar surface area (TPSA) is 79.6 Å². The van der Waals surface area contributed by atoms with E-state index in [2.05, 4.69) is 25.3 Å². The largest absolute Gasteiger partial charge is 0.348 e. The van der Waals surface area contributed by atoms with Gasteiger partial charge in [-0.2, -0.15) is 0 Å². The van der Waals surface area contributed by atoms with Crippen molar-refractivity contribution in [2.75, 3.05) is 13.6 Å². The van der Waals surface area contributed by atoms with Gasteiger partial charge in [0.1, 0.15) is 11.1 Å². The monoisotopic (exact) mass is 303 g/mol. The van der Waals surface area contributed by atoms with Crippen molar-refractivity contribution in [2.24, 2.45) is 9.98 Å². The highest BCUT2D eigenvalue weighted by Gasteiger charge is 2.27. The van der Waals surface area contributed by atoms with Crippen LogP contribution in [0.1, 0.15) is 12.7 Å². The molecule has 1 aromatic heterocycles. The zero-order chi connectivity index (χ0) is 15.1. The first kappa shape index (κ1) is 15.4. The lowest BCUT2D eigenvalue weighted by Gasteiger charge is -2.09. The number of aromatic nitrogens is 2. The van der Waals surface area contributed by atoms with Crippen LogP contribution in [-0.4, -0.2) is 46.0 Å². The van der Waals surface area contributed by atoms with E-state index in [-0.39, 0.29) is 11.2 Å². The number of nitrogens with one attached hydrogen (secondary N) is 1. The molecule has 0 aliphatic carbocycles. The predicted molar refractivity (Wildman–Crippen MR) is 85.7 cm³/mol. The molecule has 2 rings (SSSR count). The minimum Gasteiger partial charge on any atom is -0.348 e. The summed E-state index contributed by atoms with van der Waals surface area (Å²) in [5.41, 5.74) is 0.948. The molecule has 7 heteroatoms. The van der Waals surface area contributed by atoms with Gasteiger partial charge in [-0.1, -0.05) is 17.8 Å². The number of hydrogen-bond acceptors (Lipinski definition) is 6. The first-order chi connectivity index (χ1) is 10.2. The molecule has 0 radical (unpaired) electrons. The van der Waals surface area contributed by atoms with E-state index >= 15 is 0 Å². The lowest BCUT2D eigenvalue weighted by Crippen LogP contribution is -2.33. The number of nitrogens with zero attached hydrogens (tertiary/aromatic N) is 4. The third-order valence-electron chi connectivity index (χ3n) is 2.81. The second-order valence-corrected chi connectivity index (χ2v) is 5.46. The molecule has 0 saturated carbocycles. The van der Waals surface area contributed by atoms with Crippen molar-refractivity contribution >= 4 is 28.9 Å². The molecule has 1 N–H and O–H groups in total. The number of carbonyl (C=O) groups excluding carboxylic acids is 1. The molecule has 1 aliphatic heterocycles. The summed E-state index contributed by atoms with van der Waals surface area (Å²) in [7, 11) is 1.72. The van der Waals surface area contributed by atoms with E-state index in [1.54, 1.807) is 31.7 Å². The van der Waals surface area contributed by atoms with Crippen molar-refractivity contribution in [3.8, 4) is 0 Å². The molecule has 2 heterocycles. The molecule has 1 aliphatic rings. The summed E-state index contributed by atoms with van der Waals surface area (Å²) >= 11 is 1.46. The van der Waals surface area contributed by atoms with Crippen LogP contribution in [0.2, 0.25) is 0 Å². The molecule has 0 saturated heterocycles. The Hall–Kier alpha value is -2.02. The van der Waals surface area contributed by atoms with Crippen LogP contribution in [0.3, 0.4) is 0 Å². The van der Waals surface area contributed by atoms with Gasteiger partial charge < -0.3 is 5.32 Å². The van der Waals surface area contributed by atoms with Gasteiger partial charge in [-0.15, -0.1) is 0 Å². The molecule has 0 spiro atoms. The quantitative estimate of drug-likeness (QED) is 0.830. The lowest BCUT2D eigenvalue weighted by molar-refractivity contribution is -0.120. The van der Waals surface area contributed by atoms with Crippen LogP contribution >= 0.6 is 11.8 Å². The number of thioether (sulfide) groups is 1. The van der Waals surface area contributed by atoms with E-state index in [9.17, 15) is 4.79 Å². The molecule has 0 bridgehead atoms. The Kier molecular flexibility index (Phi) is 5.62. The van der Waals surface area contributed by atoms with Gasteiger partial charge in [-0.3, -0.25) is 14.8 Å². The van der Waals surface area contributed by atoms with Gasteiger partial charge in [-0.25, -0.2) is 9.97 Å². The van der Waals surface area contributed by atoms with Gasteiger partial charge in [0.15, 0.2) is 0 Å². The maximum absolute atomic E-state index is 12.1. The standard InChI is InChI=1S/C14H17N5OS/c1-3-10(7-15-2)14-19-8-11(21-14)13(20)18-9-12-16-5-4-6-17-12/h3-7,11H,8-9H2,1-2H3,(H,18,20). The molecule has 1 aromatic rings. The highest BCUT2D eigenvalue weighted by Crippen LogP contribution is 2.25. The van der Waals surface area contributed by atoms with Gasteiger partial charge in [-0.05, 0) is 13.0 Å². The smallest absolute Gasteiger partial charge is 0.235 e. The Morgan fingerprint density at radius 3 is 2.95 bits per heavy atom. The average molecular weight is 303 g/mol. The van der Waals surface area contributed by atoms with Gasteiger partial charge in [0.05, 0.1) is 18.1 Å². The Morgan fingerprint density at radius 2 is 2.29 bits per heavy atom. The maximum Gasteiger partial charge on any atom is 0.235 e. The van der Waals surface area contributed by atoms with E-state index in [4.69, 9.17) is 0 Å². The van der Waals surface area contributed by atoms with E-state index < -0.39 is 0 Å². The fourth-order valence-corrected chi connectivity index (χ4v) is 2.83. The summed E-state index contributed by atoms with van der Waals surface area (Å²) in [6.07, 6.45) is 7.01. The summed E-state index contributed by atoms with van der Waals surface area (Å²) in [6, 6.07) is 1.74. The molecule has 1 unspecified atom stereocenters. The minimum atomic E-state index is -0.205. The molecular weight excluding hydrogens is 286 g/mol. The number of amides is 1. The highest BCUT2D eigenvalue weighted by molar-refractivity contribution is 8.15. The van der Waals surface area contributed by atoms with Gasteiger partial charge >= 0.3 is 0 Å². The highest BCUT2D eigenvalue weighted by atomic mass is 32.2. The number of rotatable bonds is 5. The average Bonchev–Trinajstić information content (AvgIpc) is 3.01. The number of aliphatic imine (C=N–C) groups is 2. The molecule has 21 heavy (non-hydrogen) atoms. The summed E-state index contributed by atoms with van der Waals surface area (Å²) < 4.78 is 0. The van der Waals surface area contributed by atoms with Crippen LogP contribution in [-0.2, 0) is 11.3 Å². The summed E-state index contributed by atoms with van der Waals surface area (Å²) in [5.74, 6) is 0.553. The van der Waals surface area contributed by atoms with Crippen LogP contribution in [0.15, 0.2) is 40.1 Å². The summed E-state index contributed by atoms with van der Waals surface area (Å²) in [5, 5.41) is 3.49. The predicted octanol–water partition coefficient (Wildman–Crippen LogP) is 1.25. The lowest BCUT2D eigenvalue weighted by atomic mass is 10.3. The minimum absolute atomic E-state index is 0.0462. The Morgan fingerprint density at radius 1 is 1.52 bits per heavy atom. The third-order valence-corrected chi connectivity index (χ3v) is 4.05. The van der Waals surface area contributed by atoms with E-state index in [0.29, 0.717) is 18.9 Å². The van der Waals surface area contributed by atoms with Gasteiger partial charge in [0.2, 0.25) is 5.91 Å². The second kappa shape index (κ2) is 7.68. The Bertz CT molecular complexity index is 582. The summed E-state index contributed by atoms with van der Waals surface area (Å²) in [4.78, 5) is 28.7. The van der Waals surface area contributed by atoms with Crippen LogP contribution in [0.25, 0.3) is 0 Å². The molecule has 0 aromatic carbocycles. The third kappa shape index (κ3) is 4.22. The van der Waals surface area contributed by atoms with Crippen molar-refractivity contribution in [3.63, 3.8) is 0 Å². The van der Waals surface area contributed by atoms with Crippen LogP contribution in [0.5, 0.6) is 0 Å². The van der Waals surface area contributed by atoms with E-state index in [0.717, 1.165) is 10.6 Å². The maximum atomic E-state index is 12.1. The van der Waals surface area contributed by atoms with Gasteiger partial charge in [0, 0.05) is 31.2 Å². The second-order valence-electron chi connectivity index (χ2n) is 4.27. The first-order valence-electron chi connectivity index (χ1n) is 6.58. The van der Waals surface area contributed by atoms with Crippen LogP contribution < -0.4 is 5.32 Å². The number of hydrogen-bond donors (Lipinski definition) is 1. The fraction of sp³-hybridized carbons (Fsp3) is 0.357. The van der Waals surface area contributed by atoms with Crippen molar-refractivity contribution < 1.29 is 4.79 Å². The van der Waals surface area contributed by atoms with Crippen molar-refractivity contribution in [1.82, 2.24) is 15.3 Å².